The molecule has 0 aliphatic heterocycles. The van der Waals surface area contributed by atoms with Crippen molar-refractivity contribution in [2.75, 3.05) is 12.4 Å². The van der Waals surface area contributed by atoms with Crippen LogP contribution >= 0.6 is 11.6 Å². The van der Waals surface area contributed by atoms with Crippen molar-refractivity contribution in [2.24, 2.45) is 0 Å². The number of benzene rings is 4. The third-order valence-electron chi connectivity index (χ3n) is 4.90. The maximum atomic E-state index is 6.15. The Morgan fingerprint density at radius 2 is 1.56 bits per heavy atom. The molecule has 132 valence electrons. The fourth-order valence-electron chi connectivity index (χ4n) is 3.66. The van der Waals surface area contributed by atoms with Crippen LogP contribution in [-0.4, -0.2) is 7.05 Å². The number of nitrogens with one attached hydrogen (secondary N) is 1. The number of halogens is 1. The molecule has 0 unspecified atom stereocenters. The van der Waals surface area contributed by atoms with E-state index in [1.165, 1.54) is 21.9 Å². The molecule has 0 bridgehead atoms. The van der Waals surface area contributed by atoms with E-state index in [4.69, 9.17) is 11.6 Å². The van der Waals surface area contributed by atoms with Gasteiger partial charge in [-0.15, -0.1) is 0 Å². The molecule has 1 nitrogen and oxygen atoms in total. The van der Waals surface area contributed by atoms with Crippen molar-refractivity contribution in [1.29, 1.82) is 0 Å². The Hall–Kier alpha value is -3.03. The maximum absolute atomic E-state index is 6.15. The summed E-state index contributed by atoms with van der Waals surface area (Å²) in [6.45, 7) is 4.09. The van der Waals surface area contributed by atoms with Gasteiger partial charge < -0.3 is 5.32 Å². The van der Waals surface area contributed by atoms with Crippen LogP contribution in [0.25, 0.3) is 39.1 Å². The molecule has 0 fully saturated rings. The Balaban J connectivity index is 2.18. The van der Waals surface area contributed by atoms with E-state index in [1.807, 2.05) is 31.3 Å². The number of rotatable bonds is 4. The zero-order valence-electron chi connectivity index (χ0n) is 15.2. The minimum Gasteiger partial charge on any atom is -0.388 e. The first-order valence-corrected chi connectivity index (χ1v) is 9.32. The van der Waals surface area contributed by atoms with Crippen molar-refractivity contribution in [2.45, 2.75) is 0 Å². The number of hydrogen-bond acceptors (Lipinski definition) is 1. The quantitative estimate of drug-likeness (QED) is 0.392. The molecule has 0 aliphatic carbocycles. The fourth-order valence-corrected chi connectivity index (χ4v) is 3.78. The summed E-state index contributed by atoms with van der Waals surface area (Å²) in [6, 6.07) is 27.1. The van der Waals surface area contributed by atoms with Gasteiger partial charge in [-0.05, 0) is 57.3 Å². The van der Waals surface area contributed by atoms with Crippen LogP contribution in [-0.2, 0) is 0 Å². The van der Waals surface area contributed by atoms with E-state index < -0.39 is 0 Å². The van der Waals surface area contributed by atoms with Crippen LogP contribution in [0.4, 0.5) is 5.69 Å². The predicted octanol–water partition coefficient (Wildman–Crippen LogP) is 7.51. The predicted molar refractivity (Wildman–Crippen MR) is 119 cm³/mol. The summed E-state index contributed by atoms with van der Waals surface area (Å²) < 4.78 is 0. The Morgan fingerprint density at radius 1 is 0.852 bits per heavy atom. The van der Waals surface area contributed by atoms with E-state index in [2.05, 4.69) is 72.6 Å². The van der Waals surface area contributed by atoms with Gasteiger partial charge in [0.25, 0.3) is 0 Å². The summed E-state index contributed by atoms with van der Waals surface area (Å²) >= 11 is 6.15. The highest BCUT2D eigenvalue weighted by Gasteiger charge is 2.17. The monoisotopic (exact) mass is 369 g/mol. The second kappa shape index (κ2) is 7.30. The molecule has 0 saturated carbocycles. The topological polar surface area (TPSA) is 12.0 Å². The van der Waals surface area contributed by atoms with E-state index >= 15 is 0 Å². The van der Waals surface area contributed by atoms with Gasteiger partial charge in [-0.25, -0.2) is 0 Å². The Kier molecular flexibility index (Phi) is 4.70. The van der Waals surface area contributed by atoms with Crippen molar-refractivity contribution < 1.29 is 0 Å². The molecule has 2 heteroatoms. The van der Waals surface area contributed by atoms with Gasteiger partial charge in [0.15, 0.2) is 0 Å². The molecular weight excluding hydrogens is 350 g/mol. The Bertz CT molecular complexity index is 1130. The minimum absolute atomic E-state index is 0.736. The lowest BCUT2D eigenvalue weighted by molar-refractivity contribution is 1.50. The normalized spacial score (nSPS) is 10.7. The molecule has 4 rings (SSSR count). The van der Waals surface area contributed by atoms with Crippen molar-refractivity contribution in [3.63, 3.8) is 0 Å². The number of hydrogen-bond donors (Lipinski definition) is 1. The van der Waals surface area contributed by atoms with Gasteiger partial charge in [0.05, 0.1) is 0 Å². The second-order valence-corrected chi connectivity index (χ2v) is 6.88. The first-order valence-electron chi connectivity index (χ1n) is 8.94. The number of anilines is 1. The van der Waals surface area contributed by atoms with E-state index in [-0.39, 0.29) is 0 Å². The Labute approximate surface area is 164 Å². The molecule has 0 aliphatic rings. The van der Waals surface area contributed by atoms with Gasteiger partial charge in [0, 0.05) is 23.3 Å². The molecule has 1 N–H and O–H groups in total. The highest BCUT2D eigenvalue weighted by molar-refractivity contribution is 6.30. The summed E-state index contributed by atoms with van der Waals surface area (Å²) in [5.74, 6) is 0. The zero-order chi connectivity index (χ0) is 18.8. The smallest absolute Gasteiger partial charge is 0.0417 e. The summed E-state index contributed by atoms with van der Waals surface area (Å²) in [5.41, 5.74) is 6.87. The van der Waals surface area contributed by atoms with Crippen LogP contribution in [0.1, 0.15) is 5.56 Å². The van der Waals surface area contributed by atoms with Crippen LogP contribution in [0.3, 0.4) is 0 Å². The molecule has 4 aromatic carbocycles. The van der Waals surface area contributed by atoms with Crippen LogP contribution in [0, 0.1) is 0 Å². The summed E-state index contributed by atoms with van der Waals surface area (Å²) in [5, 5.41) is 6.47. The standard InChI is InChI=1S/C25H20ClN/c1-3-17-16-19-8-4-5-9-21(19)25(18-12-14-20(26)15-13-18)24(17)22-10-6-7-11-23(22)27-2/h3-16,27H,1H2,2H3. The summed E-state index contributed by atoms with van der Waals surface area (Å²) in [7, 11) is 1.95. The lowest BCUT2D eigenvalue weighted by Crippen LogP contribution is -1.96. The highest BCUT2D eigenvalue weighted by Crippen LogP contribution is 2.43. The van der Waals surface area contributed by atoms with Gasteiger partial charge in [0.1, 0.15) is 0 Å². The first kappa shape index (κ1) is 17.4. The molecule has 0 aromatic heterocycles. The molecule has 0 atom stereocenters. The van der Waals surface area contributed by atoms with Crippen molar-refractivity contribution in [3.8, 4) is 22.3 Å². The lowest BCUT2D eigenvalue weighted by atomic mass is 9.85. The molecule has 27 heavy (non-hydrogen) atoms. The third-order valence-corrected chi connectivity index (χ3v) is 5.15. The summed E-state index contributed by atoms with van der Waals surface area (Å²) in [4.78, 5) is 0. The van der Waals surface area contributed by atoms with Gasteiger partial charge in [-0.2, -0.15) is 0 Å². The average Bonchev–Trinajstić information content (AvgIpc) is 2.73. The van der Waals surface area contributed by atoms with E-state index in [1.54, 1.807) is 0 Å². The molecular formula is C25H20ClN. The van der Waals surface area contributed by atoms with Gasteiger partial charge in [-0.3, -0.25) is 0 Å². The Morgan fingerprint density at radius 3 is 2.30 bits per heavy atom. The van der Waals surface area contributed by atoms with E-state index in [0.29, 0.717) is 0 Å². The SMILES string of the molecule is C=Cc1cc2ccccc2c(-c2ccc(Cl)cc2)c1-c1ccccc1NC. The molecule has 0 spiro atoms. The largest absolute Gasteiger partial charge is 0.388 e. The molecule has 0 amide bonds. The van der Waals surface area contributed by atoms with E-state index in [0.717, 1.165) is 27.4 Å². The zero-order valence-corrected chi connectivity index (χ0v) is 15.9. The van der Waals surface area contributed by atoms with Crippen molar-refractivity contribution in [1.82, 2.24) is 0 Å². The van der Waals surface area contributed by atoms with Crippen LogP contribution in [0.5, 0.6) is 0 Å². The van der Waals surface area contributed by atoms with Crippen LogP contribution in [0.15, 0.2) is 85.4 Å². The van der Waals surface area contributed by atoms with Gasteiger partial charge in [-0.1, -0.05) is 78.9 Å². The van der Waals surface area contributed by atoms with E-state index in [9.17, 15) is 0 Å². The first-order chi connectivity index (χ1) is 13.2. The molecule has 4 aromatic rings. The van der Waals surface area contributed by atoms with Gasteiger partial charge in [0.2, 0.25) is 0 Å². The number of fused-ring (bicyclic) bond motifs is 1. The lowest BCUT2D eigenvalue weighted by Gasteiger charge is -2.19. The fraction of sp³-hybridized carbons (Fsp3) is 0.0400. The van der Waals surface area contributed by atoms with Crippen molar-refractivity contribution in [3.05, 3.63) is 96.0 Å². The number of para-hydroxylation sites is 1. The third kappa shape index (κ3) is 3.11. The van der Waals surface area contributed by atoms with Gasteiger partial charge >= 0.3 is 0 Å². The van der Waals surface area contributed by atoms with Crippen LogP contribution < -0.4 is 5.32 Å². The highest BCUT2D eigenvalue weighted by atomic mass is 35.5. The average molecular weight is 370 g/mol. The maximum Gasteiger partial charge on any atom is 0.0417 e. The summed E-state index contributed by atoms with van der Waals surface area (Å²) in [6.07, 6.45) is 1.94. The minimum atomic E-state index is 0.736. The second-order valence-electron chi connectivity index (χ2n) is 6.44. The molecule has 0 radical (unpaired) electrons. The van der Waals surface area contributed by atoms with Crippen LogP contribution in [0.2, 0.25) is 5.02 Å². The van der Waals surface area contributed by atoms with Crippen molar-refractivity contribution >= 4 is 34.1 Å². The molecule has 0 saturated heterocycles. The molecule has 0 heterocycles.